The molecule has 0 aliphatic carbocycles. The molecule has 0 unspecified atom stereocenters. The molecule has 0 bridgehead atoms. The summed E-state index contributed by atoms with van der Waals surface area (Å²) in [6.45, 7) is 0. The van der Waals surface area contributed by atoms with Gasteiger partial charge in [0.05, 0.1) is 5.52 Å². The lowest BCUT2D eigenvalue weighted by Crippen LogP contribution is -1.94. The Morgan fingerprint density at radius 2 is 1.89 bits per heavy atom. The Hall–Kier alpha value is -3.00. The van der Waals surface area contributed by atoms with Crippen molar-refractivity contribution in [3.8, 4) is 17.7 Å². The average molecular weight is 248 g/mol. The first-order valence-electron chi connectivity index (χ1n) is 5.60. The van der Waals surface area contributed by atoms with E-state index in [1.54, 1.807) is 18.3 Å². The summed E-state index contributed by atoms with van der Waals surface area (Å²) in [5.74, 6) is 0.767. The van der Waals surface area contributed by atoms with Crippen LogP contribution in [0.1, 0.15) is 5.69 Å². The van der Waals surface area contributed by atoms with Crippen molar-refractivity contribution in [2.24, 2.45) is 0 Å². The van der Waals surface area contributed by atoms with Crippen LogP contribution in [0.25, 0.3) is 10.9 Å². The van der Waals surface area contributed by atoms with Crippen molar-refractivity contribution in [1.29, 1.82) is 5.26 Å². The molecule has 90 valence electrons. The molecule has 5 nitrogen and oxygen atoms in total. The first-order valence-corrected chi connectivity index (χ1v) is 5.60. The van der Waals surface area contributed by atoms with E-state index in [2.05, 4.69) is 15.0 Å². The second-order valence-electron chi connectivity index (χ2n) is 3.78. The van der Waals surface area contributed by atoms with Gasteiger partial charge in [0.1, 0.15) is 11.8 Å². The smallest absolute Gasteiger partial charge is 0.256 e. The van der Waals surface area contributed by atoms with Gasteiger partial charge in [0.2, 0.25) is 5.69 Å². The normalized spacial score (nSPS) is 10.1. The van der Waals surface area contributed by atoms with Crippen LogP contribution in [-0.4, -0.2) is 15.0 Å². The maximum atomic E-state index is 8.92. The van der Waals surface area contributed by atoms with Gasteiger partial charge in [0.25, 0.3) is 5.88 Å². The van der Waals surface area contributed by atoms with Crippen LogP contribution in [0, 0.1) is 11.3 Å². The van der Waals surface area contributed by atoms with Crippen LogP contribution in [0.15, 0.2) is 48.9 Å². The highest BCUT2D eigenvalue weighted by Gasteiger charge is 2.07. The van der Waals surface area contributed by atoms with Crippen molar-refractivity contribution in [3.63, 3.8) is 0 Å². The van der Waals surface area contributed by atoms with Crippen LogP contribution in [-0.2, 0) is 0 Å². The largest absolute Gasteiger partial charge is 0.436 e. The highest BCUT2D eigenvalue weighted by molar-refractivity contribution is 5.79. The molecule has 3 rings (SSSR count). The molecular formula is C14H8N4O. The number of nitriles is 1. The monoisotopic (exact) mass is 248 g/mol. The van der Waals surface area contributed by atoms with E-state index in [-0.39, 0.29) is 11.6 Å². The number of hydrogen-bond acceptors (Lipinski definition) is 5. The summed E-state index contributed by atoms with van der Waals surface area (Å²) in [6, 6.07) is 11.3. The molecule has 0 saturated heterocycles. The fraction of sp³-hybridized carbons (Fsp3) is 0. The first-order chi connectivity index (χ1) is 9.36. The standard InChI is InChI=1S/C14H8N4O/c15-9-13-14(18-7-6-17-13)19-11-4-3-10-2-1-5-16-12(10)8-11/h1-8H. The van der Waals surface area contributed by atoms with Crippen molar-refractivity contribution >= 4 is 10.9 Å². The van der Waals surface area contributed by atoms with Gasteiger partial charge < -0.3 is 4.74 Å². The highest BCUT2D eigenvalue weighted by Crippen LogP contribution is 2.24. The molecule has 0 aliphatic heterocycles. The number of nitrogens with zero attached hydrogens (tertiary/aromatic N) is 4. The van der Waals surface area contributed by atoms with Crippen molar-refractivity contribution in [2.75, 3.05) is 0 Å². The van der Waals surface area contributed by atoms with E-state index < -0.39 is 0 Å². The van der Waals surface area contributed by atoms with Gasteiger partial charge >= 0.3 is 0 Å². The Kier molecular flexibility index (Phi) is 2.75. The summed E-state index contributed by atoms with van der Waals surface area (Å²) in [5, 5.41) is 9.95. The Balaban J connectivity index is 1.99. The van der Waals surface area contributed by atoms with Gasteiger partial charge in [-0.1, -0.05) is 6.07 Å². The van der Waals surface area contributed by atoms with Crippen molar-refractivity contribution in [3.05, 3.63) is 54.6 Å². The van der Waals surface area contributed by atoms with Crippen LogP contribution >= 0.6 is 0 Å². The molecule has 0 aliphatic rings. The Bertz CT molecular complexity index is 779. The van der Waals surface area contributed by atoms with Gasteiger partial charge in [0.15, 0.2) is 0 Å². The quantitative estimate of drug-likeness (QED) is 0.697. The molecule has 0 fully saturated rings. The van der Waals surface area contributed by atoms with E-state index in [0.717, 1.165) is 10.9 Å². The Morgan fingerprint density at radius 1 is 1.00 bits per heavy atom. The average Bonchev–Trinajstić information content (AvgIpc) is 2.48. The molecule has 0 N–H and O–H groups in total. The molecule has 1 aromatic carbocycles. The molecule has 3 aromatic rings. The van der Waals surface area contributed by atoms with Crippen LogP contribution in [0.3, 0.4) is 0 Å². The van der Waals surface area contributed by atoms with Crippen LogP contribution in [0.2, 0.25) is 0 Å². The zero-order chi connectivity index (χ0) is 13.1. The van der Waals surface area contributed by atoms with Gasteiger partial charge in [-0.25, -0.2) is 9.97 Å². The minimum Gasteiger partial charge on any atom is -0.436 e. The summed E-state index contributed by atoms with van der Waals surface area (Å²) in [4.78, 5) is 12.1. The molecule has 2 aromatic heterocycles. The number of fused-ring (bicyclic) bond motifs is 1. The van der Waals surface area contributed by atoms with Gasteiger partial charge in [0, 0.05) is 30.0 Å². The summed E-state index contributed by atoms with van der Waals surface area (Å²) in [5.41, 5.74) is 0.978. The zero-order valence-electron chi connectivity index (χ0n) is 9.82. The lowest BCUT2D eigenvalue weighted by molar-refractivity contribution is 0.458. The minimum atomic E-state index is 0.156. The molecule has 2 heterocycles. The lowest BCUT2D eigenvalue weighted by atomic mass is 10.2. The summed E-state index contributed by atoms with van der Waals surface area (Å²) in [7, 11) is 0. The van der Waals surface area contributed by atoms with E-state index in [1.807, 2.05) is 24.3 Å². The maximum absolute atomic E-state index is 8.92. The van der Waals surface area contributed by atoms with E-state index in [9.17, 15) is 0 Å². The second-order valence-corrected chi connectivity index (χ2v) is 3.78. The maximum Gasteiger partial charge on any atom is 0.256 e. The van der Waals surface area contributed by atoms with Crippen LogP contribution in [0.4, 0.5) is 0 Å². The highest BCUT2D eigenvalue weighted by atomic mass is 16.5. The topological polar surface area (TPSA) is 71.7 Å². The fourth-order valence-electron chi connectivity index (χ4n) is 1.70. The second kappa shape index (κ2) is 4.70. The number of hydrogen-bond donors (Lipinski definition) is 0. The summed E-state index contributed by atoms with van der Waals surface area (Å²) >= 11 is 0. The van der Waals surface area contributed by atoms with Gasteiger partial charge in [-0.2, -0.15) is 5.26 Å². The van der Waals surface area contributed by atoms with E-state index >= 15 is 0 Å². The summed E-state index contributed by atoms with van der Waals surface area (Å²) in [6.07, 6.45) is 4.65. The molecule has 0 radical (unpaired) electrons. The molecule has 0 saturated carbocycles. The number of aromatic nitrogens is 3. The third kappa shape index (κ3) is 2.19. The van der Waals surface area contributed by atoms with Gasteiger partial charge in [-0.05, 0) is 18.2 Å². The Labute approximate surface area is 109 Å². The number of ether oxygens (including phenoxy) is 1. The van der Waals surface area contributed by atoms with Crippen LogP contribution < -0.4 is 4.74 Å². The van der Waals surface area contributed by atoms with E-state index in [0.29, 0.717) is 5.75 Å². The fourth-order valence-corrected chi connectivity index (χ4v) is 1.70. The molecule has 5 heteroatoms. The van der Waals surface area contributed by atoms with E-state index in [1.165, 1.54) is 12.4 Å². The number of benzene rings is 1. The van der Waals surface area contributed by atoms with Gasteiger partial charge in [-0.15, -0.1) is 0 Å². The molecule has 19 heavy (non-hydrogen) atoms. The predicted molar refractivity (Wildman–Crippen MR) is 68.6 cm³/mol. The Morgan fingerprint density at radius 3 is 2.79 bits per heavy atom. The molecule has 0 spiro atoms. The minimum absolute atomic E-state index is 0.156. The SMILES string of the molecule is N#Cc1nccnc1Oc1ccc2cccnc2c1. The third-order valence-corrected chi connectivity index (χ3v) is 2.56. The van der Waals surface area contributed by atoms with Crippen molar-refractivity contribution < 1.29 is 4.74 Å². The number of rotatable bonds is 2. The molecule has 0 amide bonds. The van der Waals surface area contributed by atoms with Crippen molar-refractivity contribution in [1.82, 2.24) is 15.0 Å². The number of pyridine rings is 1. The molecule has 0 atom stereocenters. The van der Waals surface area contributed by atoms with E-state index in [4.69, 9.17) is 10.00 Å². The lowest BCUT2D eigenvalue weighted by Gasteiger charge is -2.05. The zero-order valence-corrected chi connectivity index (χ0v) is 9.82. The summed E-state index contributed by atoms with van der Waals surface area (Å²) < 4.78 is 5.57. The predicted octanol–water partition coefficient (Wildman–Crippen LogP) is 2.69. The van der Waals surface area contributed by atoms with Gasteiger partial charge in [-0.3, -0.25) is 4.98 Å². The third-order valence-electron chi connectivity index (χ3n) is 2.56. The molecular weight excluding hydrogens is 240 g/mol. The van der Waals surface area contributed by atoms with Crippen molar-refractivity contribution in [2.45, 2.75) is 0 Å². The first kappa shape index (κ1) is 11.1. The van der Waals surface area contributed by atoms with Crippen LogP contribution in [0.5, 0.6) is 11.6 Å².